The first-order valence-corrected chi connectivity index (χ1v) is 2.62. The molecule has 1 fully saturated rings. The highest BCUT2D eigenvalue weighted by Gasteiger charge is 2.25. The Morgan fingerprint density at radius 1 is 1.00 bits per heavy atom. The van der Waals surface area contributed by atoms with Gasteiger partial charge in [0, 0.05) is 0 Å². The van der Waals surface area contributed by atoms with E-state index < -0.39 is 12.2 Å². The van der Waals surface area contributed by atoms with Crippen LogP contribution in [0.4, 0.5) is 0 Å². The molecule has 2 nitrogen and oxygen atoms in total. The van der Waals surface area contributed by atoms with Crippen molar-refractivity contribution in [1.29, 1.82) is 0 Å². The quantitative estimate of drug-likeness (QED) is 0.431. The summed E-state index contributed by atoms with van der Waals surface area (Å²) in [5.41, 5.74) is 0. The highest BCUT2D eigenvalue weighted by molar-refractivity contribution is 4.73. The fraction of sp³-hybridized carbons (Fsp3) is 1.00. The van der Waals surface area contributed by atoms with Crippen LogP contribution in [-0.4, -0.2) is 12.2 Å². The second-order valence-corrected chi connectivity index (χ2v) is 2.01. The Morgan fingerprint density at radius 3 is 1.57 bits per heavy atom. The van der Waals surface area contributed by atoms with Crippen molar-refractivity contribution in [3.63, 3.8) is 0 Å². The molecule has 0 aliphatic heterocycles. The summed E-state index contributed by atoms with van der Waals surface area (Å²) in [5.74, 6) is 0. The van der Waals surface area contributed by atoms with Crippen LogP contribution in [0.3, 0.4) is 0 Å². The van der Waals surface area contributed by atoms with E-state index in [0.29, 0.717) is 12.8 Å². The number of hydrogen-bond donors (Lipinski definition) is 0. The van der Waals surface area contributed by atoms with E-state index in [9.17, 15) is 10.2 Å². The Kier molecular flexibility index (Phi) is 1.30. The van der Waals surface area contributed by atoms with Gasteiger partial charge in [0.05, 0.1) is 0 Å². The first-order valence-electron chi connectivity index (χ1n) is 2.62. The van der Waals surface area contributed by atoms with Crippen LogP contribution in [0.5, 0.6) is 0 Å². The number of rotatable bonds is 0. The zero-order chi connectivity index (χ0) is 5.28. The Labute approximate surface area is 42.8 Å². The Morgan fingerprint density at radius 2 is 1.43 bits per heavy atom. The van der Waals surface area contributed by atoms with Gasteiger partial charge >= 0.3 is 0 Å². The van der Waals surface area contributed by atoms with Gasteiger partial charge in [-0.2, -0.15) is 0 Å². The molecule has 0 amide bonds. The molecule has 0 N–H and O–H groups in total. The van der Waals surface area contributed by atoms with E-state index >= 15 is 0 Å². The molecule has 0 aromatic heterocycles. The van der Waals surface area contributed by atoms with Gasteiger partial charge in [0.25, 0.3) is 0 Å². The minimum Gasteiger partial charge on any atom is -0.230 e. The maximum atomic E-state index is 10.3. The predicted molar refractivity (Wildman–Crippen MR) is 22.8 cm³/mol. The predicted octanol–water partition coefficient (Wildman–Crippen LogP) is 0.768. The normalized spacial score (nSPS) is 42.0. The van der Waals surface area contributed by atoms with E-state index in [2.05, 4.69) is 0 Å². The maximum Gasteiger partial charge on any atom is 0.122 e. The third-order valence-electron chi connectivity index (χ3n) is 1.39. The average molecular weight is 100 g/mol. The van der Waals surface area contributed by atoms with Gasteiger partial charge in [-0.1, -0.05) is 0 Å². The molecular weight excluding hydrogens is 92.1 g/mol. The van der Waals surface area contributed by atoms with Crippen LogP contribution in [0, 0.1) is 0 Å². The van der Waals surface area contributed by atoms with Crippen molar-refractivity contribution in [2.24, 2.45) is 0 Å². The van der Waals surface area contributed by atoms with Gasteiger partial charge in [-0.15, -0.1) is 0 Å². The summed E-state index contributed by atoms with van der Waals surface area (Å²) in [6.45, 7) is 0. The van der Waals surface area contributed by atoms with Gasteiger partial charge in [0.15, 0.2) is 0 Å². The zero-order valence-corrected chi connectivity index (χ0v) is 4.09. The zero-order valence-electron chi connectivity index (χ0n) is 4.09. The Balaban J connectivity index is 2.33. The van der Waals surface area contributed by atoms with E-state index in [4.69, 9.17) is 0 Å². The first kappa shape index (κ1) is 5.06. The molecule has 0 aromatic carbocycles. The molecule has 1 saturated carbocycles. The summed E-state index contributed by atoms with van der Waals surface area (Å²) < 4.78 is 0. The fourth-order valence-corrected chi connectivity index (χ4v) is 0.892. The Bertz CT molecular complexity index is 55.1. The van der Waals surface area contributed by atoms with Crippen LogP contribution in [0.25, 0.3) is 0 Å². The SMILES string of the molecule is [O]C1CCCC1[O]. The highest BCUT2D eigenvalue weighted by atomic mass is 16.3. The second kappa shape index (κ2) is 1.80. The molecule has 2 atom stereocenters. The van der Waals surface area contributed by atoms with Crippen molar-refractivity contribution in [2.75, 3.05) is 0 Å². The topological polar surface area (TPSA) is 39.8 Å². The summed E-state index contributed by atoms with van der Waals surface area (Å²) in [6, 6.07) is 0. The monoisotopic (exact) mass is 100 g/mol. The third kappa shape index (κ3) is 0.924. The molecule has 40 valence electrons. The number of hydrogen-bond acceptors (Lipinski definition) is 0. The molecule has 2 radical (unpaired) electrons. The van der Waals surface area contributed by atoms with E-state index in [-0.39, 0.29) is 0 Å². The van der Waals surface area contributed by atoms with Crippen molar-refractivity contribution >= 4 is 0 Å². The lowest BCUT2D eigenvalue weighted by atomic mass is 10.3. The van der Waals surface area contributed by atoms with Crippen LogP contribution < -0.4 is 0 Å². The smallest absolute Gasteiger partial charge is 0.122 e. The summed E-state index contributed by atoms with van der Waals surface area (Å²) >= 11 is 0. The van der Waals surface area contributed by atoms with Gasteiger partial charge in [0.1, 0.15) is 12.2 Å². The van der Waals surface area contributed by atoms with E-state index in [1.165, 1.54) is 0 Å². The van der Waals surface area contributed by atoms with Gasteiger partial charge in [-0.3, -0.25) is 0 Å². The van der Waals surface area contributed by atoms with Crippen LogP contribution in [0.2, 0.25) is 0 Å². The van der Waals surface area contributed by atoms with E-state index in [0.717, 1.165) is 6.42 Å². The molecule has 0 spiro atoms. The van der Waals surface area contributed by atoms with Crippen molar-refractivity contribution in [1.82, 2.24) is 0 Å². The minimum absolute atomic E-state index is 0.605. The Hall–Kier alpha value is -0.0800. The van der Waals surface area contributed by atoms with Crippen molar-refractivity contribution in [2.45, 2.75) is 31.5 Å². The molecule has 0 bridgehead atoms. The van der Waals surface area contributed by atoms with E-state index in [1.807, 2.05) is 0 Å². The highest BCUT2D eigenvalue weighted by Crippen LogP contribution is 2.18. The molecule has 0 heterocycles. The minimum atomic E-state index is -0.792. The van der Waals surface area contributed by atoms with E-state index in [1.54, 1.807) is 0 Å². The molecule has 2 heteroatoms. The van der Waals surface area contributed by atoms with Crippen molar-refractivity contribution in [3.8, 4) is 0 Å². The molecule has 2 unspecified atom stereocenters. The molecule has 0 aromatic rings. The van der Waals surface area contributed by atoms with Gasteiger partial charge in [0.2, 0.25) is 0 Å². The van der Waals surface area contributed by atoms with Gasteiger partial charge < -0.3 is 0 Å². The lowest BCUT2D eigenvalue weighted by molar-refractivity contribution is -0.0391. The molecule has 7 heavy (non-hydrogen) atoms. The van der Waals surface area contributed by atoms with Gasteiger partial charge in [-0.05, 0) is 19.3 Å². The molecule has 0 saturated heterocycles. The lowest BCUT2D eigenvalue weighted by Gasteiger charge is -1.97. The summed E-state index contributed by atoms with van der Waals surface area (Å²) in [5, 5.41) is 20.7. The van der Waals surface area contributed by atoms with Crippen LogP contribution in [0.1, 0.15) is 19.3 Å². The summed E-state index contributed by atoms with van der Waals surface area (Å²) in [4.78, 5) is 0. The standard InChI is InChI=1S/C5H8O2/c6-4-2-1-3-5(4)7/h4-5H,1-3H2. The molecule has 1 rings (SSSR count). The molecular formula is C5H8O2. The maximum absolute atomic E-state index is 10.3. The first-order chi connectivity index (χ1) is 3.30. The van der Waals surface area contributed by atoms with Crippen LogP contribution >= 0.6 is 0 Å². The fourth-order valence-electron chi connectivity index (χ4n) is 0.892. The van der Waals surface area contributed by atoms with Gasteiger partial charge in [-0.25, -0.2) is 10.2 Å². The van der Waals surface area contributed by atoms with Crippen molar-refractivity contribution < 1.29 is 10.2 Å². The second-order valence-electron chi connectivity index (χ2n) is 2.01. The summed E-state index contributed by atoms with van der Waals surface area (Å²) in [6.07, 6.45) is 0.477. The molecule has 1 aliphatic rings. The summed E-state index contributed by atoms with van der Waals surface area (Å²) in [7, 11) is 0. The van der Waals surface area contributed by atoms with Crippen LogP contribution in [-0.2, 0) is 10.2 Å². The largest absolute Gasteiger partial charge is 0.230 e. The van der Waals surface area contributed by atoms with Crippen molar-refractivity contribution in [3.05, 3.63) is 0 Å². The lowest BCUT2D eigenvalue weighted by Crippen LogP contribution is -2.14. The van der Waals surface area contributed by atoms with Crippen LogP contribution in [0.15, 0.2) is 0 Å². The average Bonchev–Trinajstić information content (AvgIpc) is 1.91. The third-order valence-corrected chi connectivity index (χ3v) is 1.39. The molecule has 1 aliphatic carbocycles.